The maximum absolute atomic E-state index is 12.7. The Hall–Kier alpha value is -2.32. The molecule has 7 nitrogen and oxygen atoms in total. The standard InChI is InChI=1S/C19H23ClN4O3S/c1-11(25)21-14-8-12(20)6-7-13(14)15-9-17(27)24(18(22-15)28-5)10-16(26)23-19(2,3)4/h6-9H,10H2,1-5H3,(H,21,25)(H,23,26). The van der Waals surface area contributed by atoms with Crippen LogP contribution in [0.15, 0.2) is 34.2 Å². The third-order valence-electron chi connectivity index (χ3n) is 3.54. The molecule has 0 radical (unpaired) electrons. The van der Waals surface area contributed by atoms with Crippen LogP contribution in [0.3, 0.4) is 0 Å². The number of aromatic nitrogens is 2. The van der Waals surface area contributed by atoms with Gasteiger partial charge in [0.1, 0.15) is 6.54 Å². The second-order valence-corrected chi connectivity index (χ2v) is 8.43. The molecular formula is C19H23ClN4O3S. The molecule has 2 N–H and O–H groups in total. The Morgan fingerprint density at radius 2 is 1.93 bits per heavy atom. The molecule has 1 heterocycles. The number of carbonyl (C=O) groups is 2. The fraction of sp³-hybridized carbons (Fsp3) is 0.368. The van der Waals surface area contributed by atoms with Gasteiger partial charge in [-0.1, -0.05) is 23.4 Å². The lowest BCUT2D eigenvalue weighted by Crippen LogP contribution is -2.43. The van der Waals surface area contributed by atoms with E-state index in [1.807, 2.05) is 20.8 Å². The Kier molecular flexibility index (Phi) is 6.90. The van der Waals surface area contributed by atoms with Crippen LogP contribution in [0.25, 0.3) is 11.3 Å². The molecule has 0 aliphatic rings. The molecule has 2 amide bonds. The summed E-state index contributed by atoms with van der Waals surface area (Å²) < 4.78 is 1.32. The van der Waals surface area contributed by atoms with E-state index in [2.05, 4.69) is 15.6 Å². The van der Waals surface area contributed by atoms with E-state index in [1.165, 1.54) is 29.3 Å². The first-order valence-corrected chi connectivity index (χ1v) is 10.1. The molecule has 2 aromatic rings. The van der Waals surface area contributed by atoms with Crippen LogP contribution in [-0.4, -0.2) is 33.2 Å². The Morgan fingerprint density at radius 3 is 2.50 bits per heavy atom. The molecule has 0 saturated heterocycles. The minimum Gasteiger partial charge on any atom is -0.350 e. The highest BCUT2D eigenvalue weighted by Gasteiger charge is 2.18. The van der Waals surface area contributed by atoms with Crippen molar-refractivity contribution in [2.24, 2.45) is 0 Å². The first kappa shape index (κ1) is 22.0. The number of hydrogen-bond acceptors (Lipinski definition) is 5. The lowest BCUT2D eigenvalue weighted by Gasteiger charge is -2.21. The number of nitrogens with one attached hydrogen (secondary N) is 2. The molecule has 0 aliphatic carbocycles. The highest BCUT2D eigenvalue weighted by molar-refractivity contribution is 7.98. The zero-order chi connectivity index (χ0) is 21.1. The predicted octanol–water partition coefficient (Wildman–Crippen LogP) is 3.16. The maximum atomic E-state index is 12.7. The van der Waals surface area contributed by atoms with Crippen LogP contribution in [-0.2, 0) is 16.1 Å². The number of carbonyl (C=O) groups excluding carboxylic acids is 2. The van der Waals surface area contributed by atoms with Crippen molar-refractivity contribution >= 4 is 40.9 Å². The maximum Gasteiger partial charge on any atom is 0.255 e. The third kappa shape index (κ3) is 5.84. The van der Waals surface area contributed by atoms with E-state index in [1.54, 1.807) is 24.5 Å². The summed E-state index contributed by atoms with van der Waals surface area (Å²) in [5, 5.41) is 6.38. The van der Waals surface area contributed by atoms with Gasteiger partial charge in [-0.3, -0.25) is 19.0 Å². The van der Waals surface area contributed by atoms with Crippen LogP contribution in [0.2, 0.25) is 5.02 Å². The number of hydrogen-bond donors (Lipinski definition) is 2. The van der Waals surface area contributed by atoms with E-state index in [-0.39, 0.29) is 23.9 Å². The molecule has 1 aromatic heterocycles. The van der Waals surface area contributed by atoms with E-state index < -0.39 is 5.54 Å². The van der Waals surface area contributed by atoms with Gasteiger partial charge in [0.05, 0.1) is 11.4 Å². The molecule has 0 saturated carbocycles. The van der Waals surface area contributed by atoms with Crippen molar-refractivity contribution in [2.75, 3.05) is 11.6 Å². The highest BCUT2D eigenvalue weighted by atomic mass is 35.5. The van der Waals surface area contributed by atoms with E-state index in [0.717, 1.165) is 0 Å². The van der Waals surface area contributed by atoms with Gasteiger partial charge in [-0.25, -0.2) is 4.98 Å². The topological polar surface area (TPSA) is 93.1 Å². The molecule has 0 fully saturated rings. The fourth-order valence-corrected chi connectivity index (χ4v) is 3.30. The first-order valence-electron chi connectivity index (χ1n) is 8.54. The van der Waals surface area contributed by atoms with E-state index in [9.17, 15) is 14.4 Å². The largest absolute Gasteiger partial charge is 0.350 e. The second kappa shape index (κ2) is 8.79. The Morgan fingerprint density at radius 1 is 1.25 bits per heavy atom. The van der Waals surface area contributed by atoms with Crippen molar-refractivity contribution < 1.29 is 9.59 Å². The minimum absolute atomic E-state index is 0.126. The summed E-state index contributed by atoms with van der Waals surface area (Å²) in [5.41, 5.74) is 0.661. The minimum atomic E-state index is -0.399. The van der Waals surface area contributed by atoms with Crippen LogP contribution in [0.4, 0.5) is 5.69 Å². The van der Waals surface area contributed by atoms with Gasteiger partial charge in [-0.2, -0.15) is 0 Å². The molecule has 2 rings (SSSR count). The van der Waals surface area contributed by atoms with Gasteiger partial charge in [0.25, 0.3) is 5.56 Å². The summed E-state index contributed by atoms with van der Waals surface area (Å²) >= 11 is 7.29. The summed E-state index contributed by atoms with van der Waals surface area (Å²) in [6.07, 6.45) is 1.78. The normalized spacial score (nSPS) is 11.2. The summed E-state index contributed by atoms with van der Waals surface area (Å²) in [6.45, 7) is 6.87. The van der Waals surface area contributed by atoms with Crippen molar-refractivity contribution in [1.29, 1.82) is 0 Å². The lowest BCUT2D eigenvalue weighted by molar-refractivity contribution is -0.123. The van der Waals surface area contributed by atoms with Crippen LogP contribution >= 0.6 is 23.4 Å². The van der Waals surface area contributed by atoms with Crippen molar-refractivity contribution in [3.05, 3.63) is 39.6 Å². The van der Waals surface area contributed by atoms with E-state index >= 15 is 0 Å². The van der Waals surface area contributed by atoms with Crippen molar-refractivity contribution in [3.8, 4) is 11.3 Å². The summed E-state index contributed by atoms with van der Waals surface area (Å²) in [7, 11) is 0. The van der Waals surface area contributed by atoms with Gasteiger partial charge in [-0.05, 0) is 45.2 Å². The molecule has 150 valence electrons. The van der Waals surface area contributed by atoms with Gasteiger partial charge in [-0.15, -0.1) is 0 Å². The van der Waals surface area contributed by atoms with Crippen molar-refractivity contribution in [2.45, 2.75) is 44.9 Å². The predicted molar refractivity (Wildman–Crippen MR) is 113 cm³/mol. The summed E-state index contributed by atoms with van der Waals surface area (Å²) in [5.74, 6) is -0.536. The van der Waals surface area contributed by atoms with Crippen LogP contribution in [0, 0.1) is 0 Å². The zero-order valence-corrected chi connectivity index (χ0v) is 18.0. The molecule has 0 atom stereocenters. The Labute approximate surface area is 172 Å². The molecule has 9 heteroatoms. The summed E-state index contributed by atoms with van der Waals surface area (Å²) in [4.78, 5) is 41.0. The van der Waals surface area contributed by atoms with Crippen LogP contribution in [0.1, 0.15) is 27.7 Å². The summed E-state index contributed by atoms with van der Waals surface area (Å²) in [6, 6.07) is 6.29. The van der Waals surface area contributed by atoms with Crippen molar-refractivity contribution in [3.63, 3.8) is 0 Å². The first-order chi connectivity index (χ1) is 13.0. The smallest absolute Gasteiger partial charge is 0.255 e. The molecule has 0 aliphatic heterocycles. The van der Waals surface area contributed by atoms with Crippen LogP contribution in [0.5, 0.6) is 0 Å². The number of benzene rings is 1. The Balaban J connectivity index is 2.48. The third-order valence-corrected chi connectivity index (χ3v) is 4.45. The number of thioether (sulfide) groups is 1. The quantitative estimate of drug-likeness (QED) is 0.570. The van der Waals surface area contributed by atoms with E-state index in [4.69, 9.17) is 11.6 Å². The molecule has 28 heavy (non-hydrogen) atoms. The number of amides is 2. The van der Waals surface area contributed by atoms with Crippen LogP contribution < -0.4 is 16.2 Å². The number of anilines is 1. The zero-order valence-electron chi connectivity index (χ0n) is 16.4. The SMILES string of the molecule is CSc1nc(-c2ccc(Cl)cc2NC(C)=O)cc(=O)n1CC(=O)NC(C)(C)C. The Bertz CT molecular complexity index is 967. The van der Waals surface area contributed by atoms with Gasteiger partial charge in [0, 0.05) is 29.1 Å². The second-order valence-electron chi connectivity index (χ2n) is 7.22. The van der Waals surface area contributed by atoms with Gasteiger partial charge in [0.2, 0.25) is 11.8 Å². The molecule has 0 unspecified atom stereocenters. The van der Waals surface area contributed by atoms with E-state index in [0.29, 0.717) is 27.1 Å². The number of nitrogens with zero attached hydrogens (tertiary/aromatic N) is 2. The van der Waals surface area contributed by atoms with Crippen molar-refractivity contribution in [1.82, 2.24) is 14.9 Å². The molecular weight excluding hydrogens is 400 g/mol. The number of rotatable bonds is 5. The monoisotopic (exact) mass is 422 g/mol. The number of halogens is 1. The highest BCUT2D eigenvalue weighted by Crippen LogP contribution is 2.30. The lowest BCUT2D eigenvalue weighted by atomic mass is 10.1. The fourth-order valence-electron chi connectivity index (χ4n) is 2.56. The van der Waals surface area contributed by atoms with Gasteiger partial charge >= 0.3 is 0 Å². The van der Waals surface area contributed by atoms with Gasteiger partial charge in [0.15, 0.2) is 5.16 Å². The average molecular weight is 423 g/mol. The van der Waals surface area contributed by atoms with Gasteiger partial charge < -0.3 is 10.6 Å². The average Bonchev–Trinajstić information content (AvgIpc) is 2.54. The molecule has 0 spiro atoms. The molecule has 0 bridgehead atoms. The molecule has 1 aromatic carbocycles.